The summed E-state index contributed by atoms with van der Waals surface area (Å²) in [5.41, 5.74) is 1.13. The van der Waals surface area contributed by atoms with Crippen LogP contribution in [0.4, 0.5) is 15.8 Å². The molecule has 0 atom stereocenters. The van der Waals surface area contributed by atoms with Crippen LogP contribution in [0.15, 0.2) is 42.5 Å². The third-order valence-electron chi connectivity index (χ3n) is 5.29. The highest BCUT2D eigenvalue weighted by molar-refractivity contribution is 5.95. The number of amides is 1. The molecule has 1 fully saturated rings. The van der Waals surface area contributed by atoms with Crippen molar-refractivity contribution in [2.75, 3.05) is 51.8 Å². The molecule has 1 N–H and O–H groups in total. The van der Waals surface area contributed by atoms with E-state index in [1.54, 1.807) is 36.3 Å². The minimum Gasteiger partial charge on any atom is -0.383 e. The highest BCUT2D eigenvalue weighted by Crippen LogP contribution is 2.26. The Morgan fingerprint density at radius 1 is 1.19 bits per heavy atom. The monoisotopic (exact) mass is 430 g/mol. The minimum atomic E-state index is -0.496. The molecular formula is C22H27FN4O4. The number of hydrogen-bond acceptors (Lipinski definition) is 6. The first-order chi connectivity index (χ1) is 15.0. The number of halogens is 1. The largest absolute Gasteiger partial charge is 0.383 e. The van der Waals surface area contributed by atoms with Crippen molar-refractivity contribution in [1.29, 1.82) is 0 Å². The van der Waals surface area contributed by atoms with E-state index in [0.717, 1.165) is 13.0 Å². The summed E-state index contributed by atoms with van der Waals surface area (Å²) in [6.45, 7) is 3.72. The van der Waals surface area contributed by atoms with Crippen molar-refractivity contribution in [3.05, 3.63) is 69.5 Å². The van der Waals surface area contributed by atoms with Crippen molar-refractivity contribution >= 4 is 17.3 Å². The Morgan fingerprint density at radius 3 is 2.74 bits per heavy atom. The molecule has 0 saturated carbocycles. The molecule has 166 valence electrons. The molecule has 8 nitrogen and oxygen atoms in total. The summed E-state index contributed by atoms with van der Waals surface area (Å²) >= 11 is 0. The van der Waals surface area contributed by atoms with Gasteiger partial charge in [-0.3, -0.25) is 19.8 Å². The number of benzene rings is 2. The van der Waals surface area contributed by atoms with Gasteiger partial charge in [-0.15, -0.1) is 0 Å². The molecule has 3 rings (SSSR count). The third kappa shape index (κ3) is 5.99. The lowest BCUT2D eigenvalue weighted by Gasteiger charge is -2.22. The molecule has 1 aliphatic heterocycles. The lowest BCUT2D eigenvalue weighted by Crippen LogP contribution is -2.35. The number of hydrogen-bond donors (Lipinski definition) is 1. The molecule has 1 heterocycles. The summed E-state index contributed by atoms with van der Waals surface area (Å²) in [6, 6.07) is 11.2. The van der Waals surface area contributed by atoms with Crippen molar-refractivity contribution in [3.63, 3.8) is 0 Å². The Morgan fingerprint density at radius 2 is 2.00 bits per heavy atom. The van der Waals surface area contributed by atoms with Crippen LogP contribution in [-0.2, 0) is 11.3 Å². The maximum Gasteiger partial charge on any atom is 0.293 e. The van der Waals surface area contributed by atoms with E-state index in [9.17, 15) is 19.3 Å². The maximum atomic E-state index is 13.9. The van der Waals surface area contributed by atoms with E-state index in [4.69, 9.17) is 4.74 Å². The number of nitrogens with one attached hydrogen (secondary N) is 1. The molecule has 1 aliphatic rings. The van der Waals surface area contributed by atoms with E-state index in [0.29, 0.717) is 50.6 Å². The van der Waals surface area contributed by atoms with Crippen LogP contribution < -0.4 is 5.32 Å². The zero-order chi connectivity index (χ0) is 22.2. The normalized spacial score (nSPS) is 14.8. The predicted molar refractivity (Wildman–Crippen MR) is 116 cm³/mol. The van der Waals surface area contributed by atoms with Crippen LogP contribution in [0.5, 0.6) is 0 Å². The molecule has 1 saturated heterocycles. The number of carbonyl (C=O) groups is 1. The van der Waals surface area contributed by atoms with Gasteiger partial charge in [0.1, 0.15) is 11.5 Å². The van der Waals surface area contributed by atoms with Gasteiger partial charge < -0.3 is 15.0 Å². The van der Waals surface area contributed by atoms with Crippen LogP contribution in [0.3, 0.4) is 0 Å². The second-order valence-corrected chi connectivity index (χ2v) is 7.42. The van der Waals surface area contributed by atoms with E-state index in [1.165, 1.54) is 12.1 Å². The summed E-state index contributed by atoms with van der Waals surface area (Å²) in [5.74, 6) is -0.467. The molecule has 0 aliphatic carbocycles. The number of nitrogens with zero attached hydrogens (tertiary/aromatic N) is 3. The Hall–Kier alpha value is -3.04. The Balaban J connectivity index is 1.66. The van der Waals surface area contributed by atoms with Crippen LogP contribution in [0, 0.1) is 15.9 Å². The first-order valence-corrected chi connectivity index (χ1v) is 10.3. The van der Waals surface area contributed by atoms with E-state index in [-0.39, 0.29) is 23.0 Å². The Kier molecular flexibility index (Phi) is 7.91. The fourth-order valence-electron chi connectivity index (χ4n) is 3.64. The highest BCUT2D eigenvalue weighted by Gasteiger charge is 2.23. The van der Waals surface area contributed by atoms with Crippen LogP contribution in [0.1, 0.15) is 22.3 Å². The maximum absolute atomic E-state index is 13.9. The van der Waals surface area contributed by atoms with Gasteiger partial charge in [0, 0.05) is 63.6 Å². The Labute approximate surface area is 180 Å². The fourth-order valence-corrected chi connectivity index (χ4v) is 3.64. The first-order valence-electron chi connectivity index (χ1n) is 10.3. The fraction of sp³-hybridized carbons (Fsp3) is 0.409. The molecule has 1 amide bonds. The summed E-state index contributed by atoms with van der Waals surface area (Å²) in [7, 11) is 1.55. The van der Waals surface area contributed by atoms with Crippen molar-refractivity contribution in [2.45, 2.75) is 13.0 Å². The third-order valence-corrected chi connectivity index (χ3v) is 5.29. The molecule has 2 aromatic rings. The summed E-state index contributed by atoms with van der Waals surface area (Å²) in [5, 5.41) is 14.4. The lowest BCUT2D eigenvalue weighted by molar-refractivity contribution is -0.384. The smallest absolute Gasteiger partial charge is 0.293 e. The molecule has 31 heavy (non-hydrogen) atoms. The SMILES string of the molecule is COCCNc1ccc(C(=O)N2CCCN(Cc3ccccc3F)CC2)cc1[N+](=O)[O-]. The van der Waals surface area contributed by atoms with Crippen molar-refractivity contribution in [3.8, 4) is 0 Å². The number of anilines is 1. The van der Waals surface area contributed by atoms with Crippen LogP contribution in [-0.4, -0.2) is 67.1 Å². The van der Waals surface area contributed by atoms with E-state index >= 15 is 0 Å². The summed E-state index contributed by atoms with van der Waals surface area (Å²) in [6.07, 6.45) is 0.749. The lowest BCUT2D eigenvalue weighted by atomic mass is 10.1. The standard InChI is InChI=1S/C22H27FN4O4/c1-31-14-9-24-20-8-7-17(15-21(20)27(29)30)22(28)26-11-4-10-25(12-13-26)16-18-5-2-3-6-19(18)23/h2-3,5-8,15,24H,4,9-14,16H2,1H3. The number of nitro benzene ring substituents is 1. The van der Waals surface area contributed by atoms with Crippen LogP contribution in [0.2, 0.25) is 0 Å². The van der Waals surface area contributed by atoms with Gasteiger partial charge in [-0.1, -0.05) is 18.2 Å². The van der Waals surface area contributed by atoms with Gasteiger partial charge in [-0.25, -0.2) is 4.39 Å². The quantitative estimate of drug-likeness (QED) is 0.393. The van der Waals surface area contributed by atoms with Crippen LogP contribution in [0.25, 0.3) is 0 Å². The molecule has 0 aromatic heterocycles. The van der Waals surface area contributed by atoms with Gasteiger partial charge in [0.2, 0.25) is 0 Å². The number of carbonyl (C=O) groups excluding carboxylic acids is 1. The highest BCUT2D eigenvalue weighted by atomic mass is 19.1. The first kappa shape index (κ1) is 22.6. The molecule has 2 aromatic carbocycles. The zero-order valence-corrected chi connectivity index (χ0v) is 17.6. The van der Waals surface area contributed by atoms with Crippen molar-refractivity contribution < 1.29 is 18.8 Å². The van der Waals surface area contributed by atoms with Gasteiger partial charge in [0.05, 0.1) is 11.5 Å². The number of methoxy groups -OCH3 is 1. The Bertz CT molecular complexity index is 924. The van der Waals surface area contributed by atoms with E-state index in [1.807, 2.05) is 6.07 Å². The van der Waals surface area contributed by atoms with Gasteiger partial charge >= 0.3 is 0 Å². The molecule has 0 bridgehead atoms. The molecule has 0 spiro atoms. The van der Waals surface area contributed by atoms with Crippen molar-refractivity contribution in [1.82, 2.24) is 9.80 Å². The van der Waals surface area contributed by atoms with Gasteiger partial charge in [0.25, 0.3) is 11.6 Å². The second kappa shape index (κ2) is 10.8. The van der Waals surface area contributed by atoms with Gasteiger partial charge in [-0.2, -0.15) is 0 Å². The molecule has 0 radical (unpaired) electrons. The second-order valence-electron chi connectivity index (χ2n) is 7.42. The average Bonchev–Trinajstić information content (AvgIpc) is 3.00. The summed E-state index contributed by atoms with van der Waals surface area (Å²) in [4.78, 5) is 27.8. The number of rotatable bonds is 8. The average molecular weight is 430 g/mol. The van der Waals surface area contributed by atoms with Gasteiger partial charge in [-0.05, 0) is 24.6 Å². The summed E-state index contributed by atoms with van der Waals surface area (Å²) < 4.78 is 18.9. The molecule has 0 unspecified atom stereocenters. The van der Waals surface area contributed by atoms with Gasteiger partial charge in [0.15, 0.2) is 0 Å². The van der Waals surface area contributed by atoms with Crippen LogP contribution >= 0.6 is 0 Å². The van der Waals surface area contributed by atoms with Crippen molar-refractivity contribution in [2.24, 2.45) is 0 Å². The minimum absolute atomic E-state index is 0.141. The van der Waals surface area contributed by atoms with E-state index in [2.05, 4.69) is 10.2 Å². The van der Waals surface area contributed by atoms with E-state index < -0.39 is 4.92 Å². The molecular weight excluding hydrogens is 403 g/mol. The molecule has 9 heteroatoms. The topological polar surface area (TPSA) is 88.0 Å². The zero-order valence-electron chi connectivity index (χ0n) is 17.6. The number of nitro groups is 1. The number of ether oxygens (including phenoxy) is 1. The predicted octanol–water partition coefficient (Wildman–Crippen LogP) is 3.14.